The van der Waals surface area contributed by atoms with Crippen LogP contribution in [0.15, 0.2) is 15.9 Å². The molecule has 0 saturated heterocycles. The van der Waals surface area contributed by atoms with Crippen molar-refractivity contribution in [1.82, 2.24) is 5.32 Å². The molecule has 0 fully saturated rings. The van der Waals surface area contributed by atoms with E-state index >= 15 is 0 Å². The van der Waals surface area contributed by atoms with E-state index < -0.39 is 12.0 Å². The predicted molar refractivity (Wildman–Crippen MR) is 65.8 cm³/mol. The monoisotopic (exact) mass is 305 g/mol. The van der Waals surface area contributed by atoms with Gasteiger partial charge in [-0.15, -0.1) is 11.3 Å². The Bertz CT molecular complexity index is 391. The Morgan fingerprint density at radius 2 is 2.25 bits per heavy atom. The van der Waals surface area contributed by atoms with Crippen molar-refractivity contribution in [3.8, 4) is 0 Å². The number of rotatable bonds is 5. The van der Waals surface area contributed by atoms with E-state index in [0.717, 1.165) is 3.79 Å². The van der Waals surface area contributed by atoms with Gasteiger partial charge < -0.3 is 10.4 Å². The highest BCUT2D eigenvalue weighted by Gasteiger charge is 2.20. The number of aliphatic carboxylic acids is 1. The van der Waals surface area contributed by atoms with Crippen LogP contribution in [0, 0.1) is 0 Å². The molecule has 6 heteroatoms. The van der Waals surface area contributed by atoms with Gasteiger partial charge in [0.15, 0.2) is 0 Å². The Labute approximate surface area is 106 Å². The van der Waals surface area contributed by atoms with E-state index in [-0.39, 0.29) is 5.91 Å². The molecule has 1 aromatic rings. The number of thiophene rings is 1. The summed E-state index contributed by atoms with van der Waals surface area (Å²) >= 11 is 4.53. The maximum absolute atomic E-state index is 11.7. The quantitative estimate of drug-likeness (QED) is 0.878. The summed E-state index contributed by atoms with van der Waals surface area (Å²) in [6.45, 7) is 1.88. The molecule has 0 spiro atoms. The van der Waals surface area contributed by atoms with Gasteiger partial charge in [-0.1, -0.05) is 13.3 Å². The Morgan fingerprint density at radius 3 is 2.69 bits per heavy atom. The third-order valence-corrected chi connectivity index (χ3v) is 3.60. The lowest BCUT2D eigenvalue weighted by Gasteiger charge is -2.12. The molecule has 1 amide bonds. The second kappa shape index (κ2) is 6.00. The van der Waals surface area contributed by atoms with Gasteiger partial charge in [0.25, 0.3) is 5.91 Å². The molecule has 1 heterocycles. The molecule has 0 saturated carbocycles. The third kappa shape index (κ3) is 3.61. The number of carbonyl (C=O) groups is 2. The minimum Gasteiger partial charge on any atom is -0.480 e. The standard InChI is InChI=1S/C10H12BrNO3S/c1-2-3-6(10(14)15)12-9(13)7-4-5-8(11)16-7/h4-6H,2-3H2,1H3,(H,12,13)(H,14,15)/t6-/m1/s1. The summed E-state index contributed by atoms with van der Waals surface area (Å²) in [5, 5.41) is 11.4. The van der Waals surface area contributed by atoms with Crippen LogP contribution in [0.5, 0.6) is 0 Å². The Morgan fingerprint density at radius 1 is 1.56 bits per heavy atom. The van der Waals surface area contributed by atoms with E-state index in [1.165, 1.54) is 11.3 Å². The largest absolute Gasteiger partial charge is 0.480 e. The lowest BCUT2D eigenvalue weighted by atomic mass is 10.1. The van der Waals surface area contributed by atoms with Crippen LogP contribution >= 0.6 is 27.3 Å². The minimum absolute atomic E-state index is 0.337. The van der Waals surface area contributed by atoms with Crippen molar-refractivity contribution in [2.75, 3.05) is 0 Å². The number of amides is 1. The van der Waals surface area contributed by atoms with Crippen molar-refractivity contribution < 1.29 is 14.7 Å². The number of halogens is 1. The second-order valence-electron chi connectivity index (χ2n) is 3.26. The van der Waals surface area contributed by atoms with Crippen LogP contribution in [-0.4, -0.2) is 23.0 Å². The summed E-state index contributed by atoms with van der Waals surface area (Å²) in [5.41, 5.74) is 0. The topological polar surface area (TPSA) is 66.4 Å². The summed E-state index contributed by atoms with van der Waals surface area (Å²) in [5.74, 6) is -1.33. The molecule has 2 N–H and O–H groups in total. The molecular weight excluding hydrogens is 294 g/mol. The molecule has 4 nitrogen and oxygen atoms in total. The average molecular weight is 306 g/mol. The zero-order valence-electron chi connectivity index (χ0n) is 8.70. The first-order chi connectivity index (χ1) is 7.54. The zero-order chi connectivity index (χ0) is 12.1. The van der Waals surface area contributed by atoms with Crippen molar-refractivity contribution in [3.05, 3.63) is 20.8 Å². The molecular formula is C10H12BrNO3S. The number of carbonyl (C=O) groups excluding carboxylic acids is 1. The molecule has 0 aliphatic heterocycles. The van der Waals surface area contributed by atoms with Crippen LogP contribution in [0.4, 0.5) is 0 Å². The second-order valence-corrected chi connectivity index (χ2v) is 5.72. The molecule has 0 aromatic carbocycles. The van der Waals surface area contributed by atoms with Gasteiger partial charge in [-0.25, -0.2) is 4.79 Å². The number of hydrogen-bond donors (Lipinski definition) is 2. The van der Waals surface area contributed by atoms with Gasteiger partial charge in [0.05, 0.1) is 8.66 Å². The van der Waals surface area contributed by atoms with Gasteiger partial charge in [-0.05, 0) is 34.5 Å². The highest BCUT2D eigenvalue weighted by atomic mass is 79.9. The van der Waals surface area contributed by atoms with Crippen LogP contribution in [0.25, 0.3) is 0 Å². The third-order valence-electron chi connectivity index (χ3n) is 1.98. The molecule has 0 radical (unpaired) electrons. The Kier molecular flexibility index (Phi) is 4.95. The van der Waals surface area contributed by atoms with E-state index in [4.69, 9.17) is 5.11 Å². The number of nitrogens with one attached hydrogen (secondary N) is 1. The maximum Gasteiger partial charge on any atom is 0.326 e. The molecule has 0 unspecified atom stereocenters. The Balaban J connectivity index is 2.65. The van der Waals surface area contributed by atoms with Crippen LogP contribution in [0.3, 0.4) is 0 Å². The van der Waals surface area contributed by atoms with E-state index in [0.29, 0.717) is 17.7 Å². The first kappa shape index (κ1) is 13.2. The van der Waals surface area contributed by atoms with Crippen molar-refractivity contribution in [1.29, 1.82) is 0 Å². The lowest BCUT2D eigenvalue weighted by Crippen LogP contribution is -2.40. The van der Waals surface area contributed by atoms with Gasteiger partial charge in [0.2, 0.25) is 0 Å². The van der Waals surface area contributed by atoms with Crippen LogP contribution in [0.1, 0.15) is 29.4 Å². The van der Waals surface area contributed by atoms with Crippen molar-refractivity contribution >= 4 is 39.1 Å². The highest BCUT2D eigenvalue weighted by Crippen LogP contribution is 2.22. The van der Waals surface area contributed by atoms with Crippen LogP contribution in [0.2, 0.25) is 0 Å². The highest BCUT2D eigenvalue weighted by molar-refractivity contribution is 9.11. The van der Waals surface area contributed by atoms with Gasteiger partial charge in [-0.3, -0.25) is 4.79 Å². The maximum atomic E-state index is 11.7. The molecule has 88 valence electrons. The lowest BCUT2D eigenvalue weighted by molar-refractivity contribution is -0.139. The zero-order valence-corrected chi connectivity index (χ0v) is 11.1. The Hall–Kier alpha value is -0.880. The molecule has 1 aromatic heterocycles. The summed E-state index contributed by atoms with van der Waals surface area (Å²) in [7, 11) is 0. The number of carboxylic acid groups (broad SMARTS) is 1. The molecule has 0 aliphatic carbocycles. The van der Waals surface area contributed by atoms with Gasteiger partial charge >= 0.3 is 5.97 Å². The first-order valence-corrected chi connectivity index (χ1v) is 6.44. The van der Waals surface area contributed by atoms with Crippen molar-refractivity contribution in [3.63, 3.8) is 0 Å². The molecule has 0 bridgehead atoms. The number of hydrogen-bond acceptors (Lipinski definition) is 3. The molecule has 1 atom stereocenters. The van der Waals surface area contributed by atoms with Gasteiger partial charge in [0, 0.05) is 0 Å². The fraction of sp³-hybridized carbons (Fsp3) is 0.400. The minimum atomic E-state index is -0.995. The summed E-state index contributed by atoms with van der Waals surface area (Å²) in [6.07, 6.45) is 1.15. The first-order valence-electron chi connectivity index (χ1n) is 4.83. The van der Waals surface area contributed by atoms with E-state index in [1.54, 1.807) is 12.1 Å². The predicted octanol–water partition coefficient (Wildman–Crippen LogP) is 2.49. The average Bonchev–Trinajstić information content (AvgIpc) is 2.64. The fourth-order valence-corrected chi connectivity index (χ4v) is 2.50. The fourth-order valence-electron chi connectivity index (χ4n) is 1.21. The van der Waals surface area contributed by atoms with Gasteiger partial charge in [0.1, 0.15) is 6.04 Å². The molecule has 0 aliphatic rings. The van der Waals surface area contributed by atoms with E-state index in [9.17, 15) is 9.59 Å². The van der Waals surface area contributed by atoms with Crippen molar-refractivity contribution in [2.24, 2.45) is 0 Å². The SMILES string of the molecule is CCC[C@@H](NC(=O)c1ccc(Br)s1)C(=O)O. The smallest absolute Gasteiger partial charge is 0.326 e. The normalized spacial score (nSPS) is 12.1. The summed E-state index contributed by atoms with van der Waals surface area (Å²) in [6, 6.07) is 2.61. The van der Waals surface area contributed by atoms with Crippen LogP contribution < -0.4 is 5.32 Å². The summed E-state index contributed by atoms with van der Waals surface area (Å²) < 4.78 is 0.847. The number of carboxylic acids is 1. The van der Waals surface area contributed by atoms with E-state index in [1.807, 2.05) is 6.92 Å². The van der Waals surface area contributed by atoms with Crippen molar-refractivity contribution in [2.45, 2.75) is 25.8 Å². The van der Waals surface area contributed by atoms with Crippen LogP contribution in [-0.2, 0) is 4.79 Å². The summed E-state index contributed by atoms with van der Waals surface area (Å²) in [4.78, 5) is 23.0. The molecule has 1 rings (SSSR count). The van der Waals surface area contributed by atoms with E-state index in [2.05, 4.69) is 21.2 Å². The molecule has 16 heavy (non-hydrogen) atoms. The van der Waals surface area contributed by atoms with Gasteiger partial charge in [-0.2, -0.15) is 0 Å².